The molecule has 2 atom stereocenters. The highest BCUT2D eigenvalue weighted by Gasteiger charge is 2.35. The van der Waals surface area contributed by atoms with Crippen molar-refractivity contribution in [3.8, 4) is 0 Å². The second-order valence-electron chi connectivity index (χ2n) is 5.03. The number of nitrogens with zero attached hydrogens (tertiary/aromatic N) is 1. The third-order valence-corrected chi connectivity index (χ3v) is 3.86. The molecule has 0 aromatic rings. The third-order valence-electron chi connectivity index (χ3n) is 2.88. The maximum absolute atomic E-state index is 11.8. The number of likely N-dealkylation sites (tertiary alicyclic amines) is 1. The first-order chi connectivity index (χ1) is 7.61. The van der Waals surface area contributed by atoms with Crippen LogP contribution in [-0.2, 0) is 14.6 Å². The van der Waals surface area contributed by atoms with Gasteiger partial charge in [-0.25, -0.2) is 8.42 Å². The monoisotopic (exact) mass is 264 g/mol. The van der Waals surface area contributed by atoms with E-state index in [1.165, 1.54) is 4.90 Å². The third kappa shape index (κ3) is 4.61. The summed E-state index contributed by atoms with van der Waals surface area (Å²) in [6.07, 6.45) is 1.76. The van der Waals surface area contributed by atoms with E-state index in [2.05, 4.69) is 0 Å². The normalized spacial score (nSPS) is 27.2. The van der Waals surface area contributed by atoms with Crippen LogP contribution in [0, 0.1) is 0 Å². The summed E-state index contributed by atoms with van der Waals surface area (Å²) in [5.74, 6) is -0.379. The minimum Gasteiger partial charge on any atom is -0.388 e. The molecule has 0 bridgehead atoms. The van der Waals surface area contributed by atoms with Gasteiger partial charge in [0.2, 0.25) is 5.91 Å². The van der Waals surface area contributed by atoms with Crippen molar-refractivity contribution in [3.05, 3.63) is 0 Å². The van der Waals surface area contributed by atoms with E-state index >= 15 is 0 Å². The maximum Gasteiger partial charge on any atom is 0.239 e. The second kappa shape index (κ2) is 4.91. The summed E-state index contributed by atoms with van der Waals surface area (Å²) < 4.78 is 21.9. The molecular weight excluding hydrogens is 244 g/mol. The Bertz CT molecular complexity index is 391. The fourth-order valence-electron chi connectivity index (χ4n) is 1.83. The van der Waals surface area contributed by atoms with Crippen molar-refractivity contribution < 1.29 is 18.3 Å². The van der Waals surface area contributed by atoms with Gasteiger partial charge >= 0.3 is 0 Å². The lowest BCUT2D eigenvalue weighted by Crippen LogP contribution is -2.44. The lowest BCUT2D eigenvalue weighted by molar-refractivity contribution is -0.132. The van der Waals surface area contributed by atoms with E-state index in [9.17, 15) is 18.3 Å². The van der Waals surface area contributed by atoms with Gasteiger partial charge in [0.1, 0.15) is 9.84 Å². The Morgan fingerprint density at radius 2 is 2.18 bits per heavy atom. The Labute approximate surface area is 102 Å². The summed E-state index contributed by atoms with van der Waals surface area (Å²) >= 11 is 0. The van der Waals surface area contributed by atoms with Crippen molar-refractivity contribution in [2.75, 3.05) is 25.1 Å². The molecule has 0 aliphatic carbocycles. The number of sulfone groups is 1. The van der Waals surface area contributed by atoms with Crippen LogP contribution in [0.2, 0.25) is 0 Å². The van der Waals surface area contributed by atoms with Crippen molar-refractivity contribution in [2.45, 2.75) is 31.4 Å². The first kappa shape index (κ1) is 14.4. The highest BCUT2D eigenvalue weighted by molar-refractivity contribution is 7.90. The summed E-state index contributed by atoms with van der Waals surface area (Å²) in [5.41, 5.74) is 4.80. The molecule has 17 heavy (non-hydrogen) atoms. The fraction of sp³-hybridized carbons (Fsp3) is 0.900. The summed E-state index contributed by atoms with van der Waals surface area (Å²) in [6.45, 7) is 2.40. The Balaban J connectivity index is 2.48. The summed E-state index contributed by atoms with van der Waals surface area (Å²) in [7, 11) is -3.10. The fourth-order valence-corrected chi connectivity index (χ4v) is 2.51. The van der Waals surface area contributed by atoms with E-state index in [4.69, 9.17) is 5.73 Å². The largest absolute Gasteiger partial charge is 0.388 e. The Kier molecular flexibility index (Phi) is 4.16. The molecule has 1 aliphatic rings. The molecule has 3 N–H and O–H groups in total. The summed E-state index contributed by atoms with van der Waals surface area (Å²) in [4.78, 5) is 13.3. The van der Waals surface area contributed by atoms with Crippen LogP contribution in [0.15, 0.2) is 0 Å². The Hall–Kier alpha value is -0.660. The predicted molar refractivity (Wildman–Crippen MR) is 64.1 cm³/mol. The van der Waals surface area contributed by atoms with Crippen LogP contribution in [0.4, 0.5) is 0 Å². The number of carbonyl (C=O) groups is 1. The molecular formula is C10H20N2O4S. The minimum atomic E-state index is -3.10. The molecule has 0 saturated carbocycles. The Morgan fingerprint density at radius 1 is 1.59 bits per heavy atom. The van der Waals surface area contributed by atoms with Gasteiger partial charge < -0.3 is 15.7 Å². The van der Waals surface area contributed by atoms with Crippen molar-refractivity contribution in [1.82, 2.24) is 4.90 Å². The standard InChI is InChI=1S/C10H20N2O4S/c1-10(14)4-5-12(7-10)9(13)8(11)3-6-17(2,15)16/h8,14H,3-7,11H2,1-2H3. The van der Waals surface area contributed by atoms with Crippen LogP contribution in [0.3, 0.4) is 0 Å². The number of rotatable bonds is 4. The second-order valence-corrected chi connectivity index (χ2v) is 7.29. The zero-order chi connectivity index (χ0) is 13.3. The van der Waals surface area contributed by atoms with Crippen molar-refractivity contribution in [1.29, 1.82) is 0 Å². The first-order valence-corrected chi connectivity index (χ1v) is 7.61. The number of carbonyl (C=O) groups excluding carboxylic acids is 1. The average Bonchev–Trinajstić information content (AvgIpc) is 2.53. The van der Waals surface area contributed by atoms with Crippen molar-refractivity contribution in [3.63, 3.8) is 0 Å². The van der Waals surface area contributed by atoms with Crippen LogP contribution in [0.1, 0.15) is 19.8 Å². The number of aliphatic hydroxyl groups is 1. The van der Waals surface area contributed by atoms with Gasteiger partial charge in [0.15, 0.2) is 0 Å². The average molecular weight is 264 g/mol. The lowest BCUT2D eigenvalue weighted by atomic mass is 10.1. The van der Waals surface area contributed by atoms with E-state index in [1.807, 2.05) is 0 Å². The van der Waals surface area contributed by atoms with Gasteiger partial charge in [-0.15, -0.1) is 0 Å². The van der Waals surface area contributed by atoms with Crippen LogP contribution in [0.5, 0.6) is 0 Å². The van der Waals surface area contributed by atoms with E-state index in [0.29, 0.717) is 13.0 Å². The smallest absolute Gasteiger partial charge is 0.239 e. The molecule has 1 rings (SSSR count). The summed E-state index contributed by atoms with van der Waals surface area (Å²) in [6, 6.07) is -0.807. The molecule has 6 nitrogen and oxygen atoms in total. The quantitative estimate of drug-likeness (QED) is 0.659. The highest BCUT2D eigenvalue weighted by atomic mass is 32.2. The van der Waals surface area contributed by atoms with Crippen molar-refractivity contribution in [2.24, 2.45) is 5.73 Å². The number of nitrogens with two attached hydrogens (primary N) is 1. The van der Waals surface area contributed by atoms with E-state index in [1.54, 1.807) is 6.92 Å². The zero-order valence-electron chi connectivity index (χ0n) is 10.2. The molecule has 100 valence electrons. The molecule has 0 aromatic carbocycles. The maximum atomic E-state index is 11.8. The van der Waals surface area contributed by atoms with E-state index in [-0.39, 0.29) is 24.6 Å². The SMILES string of the molecule is CC1(O)CCN(C(=O)C(N)CCS(C)(=O)=O)C1. The molecule has 0 spiro atoms. The van der Waals surface area contributed by atoms with Crippen LogP contribution >= 0.6 is 0 Å². The molecule has 0 aromatic heterocycles. The molecule has 1 amide bonds. The van der Waals surface area contributed by atoms with Gasteiger partial charge in [-0.05, 0) is 19.8 Å². The van der Waals surface area contributed by atoms with E-state index < -0.39 is 21.5 Å². The van der Waals surface area contributed by atoms with Gasteiger partial charge in [-0.3, -0.25) is 4.79 Å². The molecule has 2 unspecified atom stereocenters. The zero-order valence-corrected chi connectivity index (χ0v) is 11.0. The lowest BCUT2D eigenvalue weighted by Gasteiger charge is -2.22. The van der Waals surface area contributed by atoms with Crippen LogP contribution in [-0.4, -0.2) is 61.1 Å². The van der Waals surface area contributed by atoms with Gasteiger partial charge in [0.05, 0.1) is 17.4 Å². The van der Waals surface area contributed by atoms with Gasteiger partial charge in [0, 0.05) is 19.3 Å². The highest BCUT2D eigenvalue weighted by Crippen LogP contribution is 2.20. The Morgan fingerprint density at radius 3 is 2.59 bits per heavy atom. The predicted octanol–water partition coefficient (Wildman–Crippen LogP) is -1.27. The van der Waals surface area contributed by atoms with Crippen LogP contribution in [0.25, 0.3) is 0 Å². The topological polar surface area (TPSA) is 101 Å². The molecule has 0 radical (unpaired) electrons. The summed E-state index contributed by atoms with van der Waals surface area (Å²) in [5, 5.41) is 9.72. The number of hydrogen-bond donors (Lipinski definition) is 2. The molecule has 1 heterocycles. The molecule has 1 saturated heterocycles. The number of amides is 1. The van der Waals surface area contributed by atoms with Gasteiger partial charge in [-0.2, -0.15) is 0 Å². The molecule has 7 heteroatoms. The first-order valence-electron chi connectivity index (χ1n) is 5.55. The minimum absolute atomic E-state index is 0.0931. The van der Waals surface area contributed by atoms with Crippen LogP contribution < -0.4 is 5.73 Å². The number of hydrogen-bond acceptors (Lipinski definition) is 5. The molecule has 1 aliphatic heterocycles. The number of β-amino-alcohol motifs (C(OH)–C–C–N with tert-alkyl or cyclic N) is 1. The molecule has 1 fully saturated rings. The van der Waals surface area contributed by atoms with Crippen molar-refractivity contribution >= 4 is 15.7 Å². The van der Waals surface area contributed by atoms with Gasteiger partial charge in [-0.1, -0.05) is 0 Å². The van der Waals surface area contributed by atoms with E-state index in [0.717, 1.165) is 6.26 Å². The van der Waals surface area contributed by atoms with Gasteiger partial charge in [0.25, 0.3) is 0 Å².